The van der Waals surface area contributed by atoms with Crippen LogP contribution in [0.5, 0.6) is 0 Å². The number of hydrogen-bond donors (Lipinski definition) is 0. The molecular weight excluding hydrogens is 336 g/mol. The molecule has 1 aliphatic carbocycles. The van der Waals surface area contributed by atoms with E-state index in [0.717, 1.165) is 32.2 Å². The first-order valence-corrected chi connectivity index (χ1v) is 10.8. The number of aryl methyl sites for hydroxylation is 1. The van der Waals surface area contributed by atoms with Crippen LogP contribution in [0.2, 0.25) is 0 Å². The van der Waals surface area contributed by atoms with E-state index >= 15 is 0 Å². The number of nitrogens with zero attached hydrogens (tertiary/aromatic N) is 2. The molecule has 2 amide bonds. The van der Waals surface area contributed by atoms with Crippen LogP contribution in [-0.2, 0) is 16.0 Å². The number of fused-ring (bicyclic) bond motifs is 1. The van der Waals surface area contributed by atoms with Crippen molar-refractivity contribution >= 4 is 11.8 Å². The Morgan fingerprint density at radius 2 is 1.96 bits per heavy atom. The van der Waals surface area contributed by atoms with Gasteiger partial charge in [-0.15, -0.1) is 0 Å². The van der Waals surface area contributed by atoms with Gasteiger partial charge in [-0.05, 0) is 43.7 Å². The second-order valence-corrected chi connectivity index (χ2v) is 8.65. The predicted molar refractivity (Wildman–Crippen MR) is 106 cm³/mol. The van der Waals surface area contributed by atoms with Gasteiger partial charge in [0, 0.05) is 25.6 Å². The largest absolute Gasteiger partial charge is 0.339 e. The number of benzene rings is 1. The van der Waals surface area contributed by atoms with Crippen molar-refractivity contribution in [2.45, 2.75) is 77.3 Å². The summed E-state index contributed by atoms with van der Waals surface area (Å²) in [5.74, 6) is 0.238. The topological polar surface area (TPSA) is 40.6 Å². The van der Waals surface area contributed by atoms with Gasteiger partial charge in [-0.3, -0.25) is 9.59 Å². The second kappa shape index (κ2) is 7.65. The van der Waals surface area contributed by atoms with Crippen LogP contribution in [0.3, 0.4) is 0 Å². The van der Waals surface area contributed by atoms with E-state index in [1.54, 1.807) is 0 Å². The molecule has 0 aromatic heterocycles. The normalized spacial score (nSPS) is 26.4. The molecule has 2 heterocycles. The Balaban J connectivity index is 1.49. The van der Waals surface area contributed by atoms with Gasteiger partial charge in [-0.25, -0.2) is 0 Å². The van der Waals surface area contributed by atoms with E-state index in [1.165, 1.54) is 36.0 Å². The van der Waals surface area contributed by atoms with Gasteiger partial charge in [-0.2, -0.15) is 0 Å². The molecule has 0 bridgehead atoms. The Bertz CT molecular complexity index is 723. The molecule has 2 unspecified atom stereocenters. The van der Waals surface area contributed by atoms with Gasteiger partial charge in [-0.1, -0.05) is 49.9 Å². The van der Waals surface area contributed by atoms with E-state index in [4.69, 9.17) is 0 Å². The molecule has 4 heteroatoms. The van der Waals surface area contributed by atoms with Gasteiger partial charge in [0.25, 0.3) is 0 Å². The van der Waals surface area contributed by atoms with Crippen LogP contribution >= 0.6 is 0 Å². The quantitative estimate of drug-likeness (QED) is 0.809. The Kier molecular flexibility index (Phi) is 5.25. The minimum Gasteiger partial charge on any atom is -0.339 e. The zero-order valence-electron chi connectivity index (χ0n) is 16.7. The lowest BCUT2D eigenvalue weighted by Gasteiger charge is -2.38. The van der Waals surface area contributed by atoms with Gasteiger partial charge in [0.1, 0.15) is 0 Å². The fourth-order valence-corrected chi connectivity index (χ4v) is 5.42. The maximum Gasteiger partial charge on any atom is 0.228 e. The van der Waals surface area contributed by atoms with Crippen molar-refractivity contribution in [1.82, 2.24) is 9.80 Å². The standard InChI is InChI=1S/C23H32N2O2/c1-3-21-20-10-9-16(2)13-17(20)11-12-24(21)23(27)18-14-22(26)25(15-18)19-7-5-4-6-8-19/h9-10,13,18-19,21H,3-8,11-12,14-15H2,1-2H3. The minimum atomic E-state index is -0.152. The number of likely N-dealkylation sites (tertiary alicyclic amines) is 1. The molecule has 1 saturated carbocycles. The lowest BCUT2D eigenvalue weighted by atomic mass is 9.89. The van der Waals surface area contributed by atoms with Crippen LogP contribution in [0.4, 0.5) is 0 Å². The molecule has 0 spiro atoms. The van der Waals surface area contributed by atoms with Crippen molar-refractivity contribution in [2.75, 3.05) is 13.1 Å². The highest BCUT2D eigenvalue weighted by Crippen LogP contribution is 2.36. The van der Waals surface area contributed by atoms with Crippen LogP contribution in [0.1, 0.15) is 74.6 Å². The van der Waals surface area contributed by atoms with Gasteiger partial charge >= 0.3 is 0 Å². The third-order valence-electron chi connectivity index (χ3n) is 6.85. The first-order chi connectivity index (χ1) is 13.1. The minimum absolute atomic E-state index is 0.152. The predicted octanol–water partition coefficient (Wildman–Crippen LogP) is 4.01. The lowest BCUT2D eigenvalue weighted by molar-refractivity contribution is -0.138. The fourth-order valence-electron chi connectivity index (χ4n) is 5.42. The molecule has 0 N–H and O–H groups in total. The summed E-state index contributed by atoms with van der Waals surface area (Å²) in [7, 11) is 0. The number of hydrogen-bond acceptors (Lipinski definition) is 2. The van der Waals surface area contributed by atoms with Crippen LogP contribution in [0.25, 0.3) is 0 Å². The number of amides is 2. The van der Waals surface area contributed by atoms with Gasteiger partial charge in [0.05, 0.1) is 12.0 Å². The number of rotatable bonds is 3. The molecule has 27 heavy (non-hydrogen) atoms. The summed E-state index contributed by atoms with van der Waals surface area (Å²) in [6.45, 7) is 5.70. The van der Waals surface area contributed by atoms with E-state index in [1.807, 2.05) is 4.90 Å². The summed E-state index contributed by atoms with van der Waals surface area (Å²) in [4.78, 5) is 30.1. The number of carbonyl (C=O) groups is 2. The van der Waals surface area contributed by atoms with Crippen LogP contribution in [0.15, 0.2) is 18.2 Å². The van der Waals surface area contributed by atoms with Crippen molar-refractivity contribution in [3.63, 3.8) is 0 Å². The van der Waals surface area contributed by atoms with E-state index in [2.05, 4.69) is 36.9 Å². The fraction of sp³-hybridized carbons (Fsp3) is 0.652. The van der Waals surface area contributed by atoms with Crippen LogP contribution in [-0.4, -0.2) is 40.7 Å². The Labute approximate surface area is 162 Å². The average molecular weight is 369 g/mol. The zero-order chi connectivity index (χ0) is 19.0. The molecule has 1 aromatic carbocycles. The van der Waals surface area contributed by atoms with Crippen LogP contribution in [0, 0.1) is 12.8 Å². The Morgan fingerprint density at radius 1 is 1.19 bits per heavy atom. The Morgan fingerprint density at radius 3 is 2.70 bits per heavy atom. The summed E-state index contributed by atoms with van der Waals surface area (Å²) in [5, 5.41) is 0. The van der Waals surface area contributed by atoms with Crippen molar-refractivity contribution in [3.05, 3.63) is 34.9 Å². The first-order valence-electron chi connectivity index (χ1n) is 10.8. The van der Waals surface area contributed by atoms with E-state index in [-0.39, 0.29) is 23.8 Å². The maximum absolute atomic E-state index is 13.4. The molecule has 4 rings (SSSR count). The monoisotopic (exact) mass is 368 g/mol. The van der Waals surface area contributed by atoms with Gasteiger partial charge < -0.3 is 9.80 Å². The van der Waals surface area contributed by atoms with Crippen molar-refractivity contribution in [2.24, 2.45) is 5.92 Å². The maximum atomic E-state index is 13.4. The van der Waals surface area contributed by atoms with Gasteiger partial charge in [0.15, 0.2) is 0 Å². The van der Waals surface area contributed by atoms with E-state index in [9.17, 15) is 9.59 Å². The molecule has 2 fully saturated rings. The van der Waals surface area contributed by atoms with Crippen molar-refractivity contribution < 1.29 is 9.59 Å². The van der Waals surface area contributed by atoms with Crippen LogP contribution < -0.4 is 0 Å². The molecule has 2 aliphatic heterocycles. The summed E-state index contributed by atoms with van der Waals surface area (Å²) in [6, 6.07) is 7.15. The SMILES string of the molecule is CCC1c2ccc(C)cc2CCN1C(=O)C1CC(=O)N(C2CCCCC2)C1. The van der Waals surface area contributed by atoms with E-state index in [0.29, 0.717) is 19.0 Å². The van der Waals surface area contributed by atoms with E-state index < -0.39 is 0 Å². The zero-order valence-corrected chi connectivity index (χ0v) is 16.7. The average Bonchev–Trinajstić information content (AvgIpc) is 3.08. The summed E-state index contributed by atoms with van der Waals surface area (Å²) < 4.78 is 0. The number of carbonyl (C=O) groups excluding carboxylic acids is 2. The molecule has 3 aliphatic rings. The molecule has 2 atom stereocenters. The third kappa shape index (κ3) is 3.51. The highest BCUT2D eigenvalue weighted by Gasteiger charge is 2.41. The highest BCUT2D eigenvalue weighted by molar-refractivity contribution is 5.89. The molecular formula is C23H32N2O2. The molecule has 146 valence electrons. The molecule has 0 radical (unpaired) electrons. The first kappa shape index (κ1) is 18.5. The van der Waals surface area contributed by atoms with Crippen molar-refractivity contribution in [1.29, 1.82) is 0 Å². The van der Waals surface area contributed by atoms with Gasteiger partial charge in [0.2, 0.25) is 11.8 Å². The summed E-state index contributed by atoms with van der Waals surface area (Å²) in [6.07, 6.45) is 8.19. The van der Waals surface area contributed by atoms with Crippen molar-refractivity contribution in [3.8, 4) is 0 Å². The summed E-state index contributed by atoms with van der Waals surface area (Å²) in [5.41, 5.74) is 3.97. The lowest BCUT2D eigenvalue weighted by Crippen LogP contribution is -2.44. The second-order valence-electron chi connectivity index (χ2n) is 8.65. The smallest absolute Gasteiger partial charge is 0.228 e. The molecule has 1 aromatic rings. The highest BCUT2D eigenvalue weighted by atomic mass is 16.2. The Hall–Kier alpha value is -1.84. The third-order valence-corrected chi connectivity index (χ3v) is 6.85. The summed E-state index contributed by atoms with van der Waals surface area (Å²) >= 11 is 0. The molecule has 4 nitrogen and oxygen atoms in total. The molecule has 1 saturated heterocycles.